The van der Waals surface area contributed by atoms with Gasteiger partial charge in [0.25, 0.3) is 0 Å². The van der Waals surface area contributed by atoms with Gasteiger partial charge in [0.05, 0.1) is 13.2 Å². The zero-order chi connectivity index (χ0) is 14.6. The van der Waals surface area contributed by atoms with Crippen molar-refractivity contribution in [3.05, 3.63) is 18.1 Å². The molecular formula is C15H26N4O. The molecule has 1 aliphatic rings. The fourth-order valence-electron chi connectivity index (χ4n) is 3.63. The molecule has 0 bridgehead atoms. The van der Waals surface area contributed by atoms with Crippen molar-refractivity contribution >= 4 is 0 Å². The maximum atomic E-state index is 6.64. The second-order valence-electron chi connectivity index (χ2n) is 5.41. The van der Waals surface area contributed by atoms with Crippen molar-refractivity contribution in [2.75, 3.05) is 20.2 Å². The van der Waals surface area contributed by atoms with Gasteiger partial charge < -0.3 is 10.5 Å². The Bertz CT molecular complexity index is 428. The lowest BCUT2D eigenvalue weighted by molar-refractivity contribution is 0.0744. The molecule has 1 aliphatic carbocycles. The van der Waals surface area contributed by atoms with Gasteiger partial charge in [-0.15, -0.1) is 0 Å². The lowest BCUT2D eigenvalue weighted by atomic mass is 9.84. The van der Waals surface area contributed by atoms with Gasteiger partial charge in [-0.25, -0.2) is 4.98 Å². The summed E-state index contributed by atoms with van der Waals surface area (Å²) in [6.07, 6.45) is 8.04. The van der Waals surface area contributed by atoms with Gasteiger partial charge in [-0.3, -0.25) is 9.88 Å². The van der Waals surface area contributed by atoms with E-state index in [0.717, 1.165) is 31.6 Å². The molecule has 1 saturated carbocycles. The number of methoxy groups -OCH3 is 1. The Hall–Kier alpha value is -1.20. The number of aromatic nitrogens is 2. The molecular weight excluding hydrogens is 252 g/mol. The van der Waals surface area contributed by atoms with Crippen LogP contribution in [0.4, 0.5) is 0 Å². The van der Waals surface area contributed by atoms with Gasteiger partial charge in [-0.2, -0.15) is 0 Å². The number of rotatable bonds is 6. The Labute approximate surface area is 121 Å². The molecule has 5 nitrogen and oxygen atoms in total. The standard InChI is InChI=1S/C15H26N4O/c1-4-19(5-2)15(8-6-7-9-15)13(16)12-14(20-3)18-11-10-17-12/h10-11,13H,4-9,16H2,1-3H3. The van der Waals surface area contributed by atoms with Crippen LogP contribution >= 0.6 is 0 Å². The summed E-state index contributed by atoms with van der Waals surface area (Å²) in [6, 6.07) is -0.159. The Kier molecular flexibility index (Phi) is 4.94. The molecule has 0 amide bonds. The first-order chi connectivity index (χ1) is 9.69. The molecule has 20 heavy (non-hydrogen) atoms. The van der Waals surface area contributed by atoms with Gasteiger partial charge in [0.1, 0.15) is 5.69 Å². The predicted octanol–water partition coefficient (Wildman–Crippen LogP) is 2.14. The largest absolute Gasteiger partial charge is 0.480 e. The molecule has 1 fully saturated rings. The summed E-state index contributed by atoms with van der Waals surface area (Å²) in [4.78, 5) is 11.2. The molecule has 5 heteroatoms. The fourth-order valence-corrected chi connectivity index (χ4v) is 3.63. The second kappa shape index (κ2) is 6.50. The highest BCUT2D eigenvalue weighted by Crippen LogP contribution is 2.44. The molecule has 112 valence electrons. The normalized spacial score (nSPS) is 19.2. The van der Waals surface area contributed by atoms with E-state index in [2.05, 4.69) is 28.7 Å². The van der Waals surface area contributed by atoms with Gasteiger partial charge in [0.2, 0.25) is 5.88 Å². The highest BCUT2D eigenvalue weighted by Gasteiger charge is 2.45. The van der Waals surface area contributed by atoms with E-state index in [1.54, 1.807) is 19.5 Å². The molecule has 0 aliphatic heterocycles. The number of likely N-dealkylation sites (N-methyl/N-ethyl adjacent to an activating group) is 1. The van der Waals surface area contributed by atoms with Gasteiger partial charge in [0, 0.05) is 17.9 Å². The average molecular weight is 278 g/mol. The van der Waals surface area contributed by atoms with E-state index in [1.165, 1.54) is 12.8 Å². The first-order valence-corrected chi connectivity index (χ1v) is 7.55. The summed E-state index contributed by atoms with van der Waals surface area (Å²) in [7, 11) is 1.62. The van der Waals surface area contributed by atoms with Crippen LogP contribution in [0.5, 0.6) is 5.88 Å². The van der Waals surface area contributed by atoms with Crippen LogP contribution in [0.3, 0.4) is 0 Å². The molecule has 2 N–H and O–H groups in total. The third-order valence-electron chi connectivity index (χ3n) is 4.62. The molecule has 2 rings (SSSR count). The maximum Gasteiger partial charge on any atom is 0.237 e. The topological polar surface area (TPSA) is 64.3 Å². The highest BCUT2D eigenvalue weighted by atomic mass is 16.5. The fraction of sp³-hybridized carbons (Fsp3) is 0.733. The first kappa shape index (κ1) is 15.2. The van der Waals surface area contributed by atoms with Gasteiger partial charge in [0.15, 0.2) is 0 Å². The molecule has 1 unspecified atom stereocenters. The monoisotopic (exact) mass is 278 g/mol. The zero-order valence-corrected chi connectivity index (χ0v) is 12.8. The summed E-state index contributed by atoms with van der Waals surface area (Å²) in [5.74, 6) is 0.554. The molecule has 1 atom stereocenters. The minimum absolute atomic E-state index is 0.00713. The highest BCUT2D eigenvalue weighted by molar-refractivity contribution is 5.25. The zero-order valence-electron chi connectivity index (χ0n) is 12.8. The maximum absolute atomic E-state index is 6.64. The number of hydrogen-bond donors (Lipinski definition) is 1. The van der Waals surface area contributed by atoms with E-state index < -0.39 is 0 Å². The van der Waals surface area contributed by atoms with E-state index in [1.807, 2.05) is 0 Å². The molecule has 0 aromatic carbocycles. The number of hydrogen-bond acceptors (Lipinski definition) is 5. The predicted molar refractivity (Wildman–Crippen MR) is 79.6 cm³/mol. The van der Waals surface area contributed by atoms with E-state index in [0.29, 0.717) is 5.88 Å². The van der Waals surface area contributed by atoms with Crippen LogP contribution in [0, 0.1) is 0 Å². The lowest BCUT2D eigenvalue weighted by Crippen LogP contribution is -2.54. The molecule has 1 heterocycles. The van der Waals surface area contributed by atoms with E-state index >= 15 is 0 Å². The summed E-state index contributed by atoms with van der Waals surface area (Å²) in [5, 5.41) is 0. The summed E-state index contributed by atoms with van der Waals surface area (Å²) >= 11 is 0. The lowest BCUT2D eigenvalue weighted by Gasteiger charge is -2.44. The van der Waals surface area contributed by atoms with Crippen LogP contribution in [0.2, 0.25) is 0 Å². The molecule has 1 aromatic rings. The minimum Gasteiger partial charge on any atom is -0.480 e. The quantitative estimate of drug-likeness (QED) is 0.863. The van der Waals surface area contributed by atoms with Crippen LogP contribution in [0.25, 0.3) is 0 Å². The first-order valence-electron chi connectivity index (χ1n) is 7.55. The van der Waals surface area contributed by atoms with Crippen molar-refractivity contribution in [1.29, 1.82) is 0 Å². The molecule has 0 saturated heterocycles. The summed E-state index contributed by atoms with van der Waals surface area (Å²) < 4.78 is 5.35. The Morgan fingerprint density at radius 2 is 1.85 bits per heavy atom. The van der Waals surface area contributed by atoms with Gasteiger partial charge in [-0.05, 0) is 25.9 Å². The number of nitrogens with two attached hydrogens (primary N) is 1. The van der Waals surface area contributed by atoms with E-state index in [9.17, 15) is 0 Å². The third-order valence-corrected chi connectivity index (χ3v) is 4.62. The van der Waals surface area contributed by atoms with E-state index in [4.69, 9.17) is 10.5 Å². The van der Waals surface area contributed by atoms with Gasteiger partial charge >= 0.3 is 0 Å². The van der Waals surface area contributed by atoms with Crippen LogP contribution in [0.1, 0.15) is 51.3 Å². The Morgan fingerprint density at radius 1 is 1.25 bits per heavy atom. The molecule has 0 radical (unpaired) electrons. The van der Waals surface area contributed by atoms with Crippen molar-refractivity contribution in [1.82, 2.24) is 14.9 Å². The Balaban J connectivity index is 2.38. The molecule has 1 aromatic heterocycles. The third kappa shape index (κ3) is 2.52. The van der Waals surface area contributed by atoms with Crippen molar-refractivity contribution in [2.24, 2.45) is 5.73 Å². The minimum atomic E-state index is -0.159. The average Bonchev–Trinajstić information content (AvgIpc) is 2.98. The number of nitrogens with zero attached hydrogens (tertiary/aromatic N) is 3. The smallest absolute Gasteiger partial charge is 0.237 e. The van der Waals surface area contributed by atoms with Crippen molar-refractivity contribution in [2.45, 2.75) is 51.1 Å². The van der Waals surface area contributed by atoms with Gasteiger partial charge in [-0.1, -0.05) is 26.7 Å². The van der Waals surface area contributed by atoms with Crippen LogP contribution in [0.15, 0.2) is 12.4 Å². The number of ether oxygens (including phenoxy) is 1. The van der Waals surface area contributed by atoms with Crippen LogP contribution < -0.4 is 10.5 Å². The van der Waals surface area contributed by atoms with Crippen LogP contribution in [-0.4, -0.2) is 40.6 Å². The molecule has 0 spiro atoms. The van der Waals surface area contributed by atoms with Crippen molar-refractivity contribution < 1.29 is 4.74 Å². The Morgan fingerprint density at radius 3 is 2.40 bits per heavy atom. The van der Waals surface area contributed by atoms with Crippen LogP contribution in [-0.2, 0) is 0 Å². The second-order valence-corrected chi connectivity index (χ2v) is 5.41. The summed E-state index contributed by atoms with van der Waals surface area (Å²) in [6.45, 7) is 6.41. The summed E-state index contributed by atoms with van der Waals surface area (Å²) in [5.41, 5.74) is 7.41. The van der Waals surface area contributed by atoms with Crippen molar-refractivity contribution in [3.8, 4) is 5.88 Å². The van der Waals surface area contributed by atoms with Crippen molar-refractivity contribution in [3.63, 3.8) is 0 Å². The van der Waals surface area contributed by atoms with E-state index in [-0.39, 0.29) is 11.6 Å². The SMILES string of the molecule is CCN(CC)C1(C(N)c2nccnc2OC)CCCC1.